The van der Waals surface area contributed by atoms with E-state index in [-0.39, 0.29) is 6.04 Å². The van der Waals surface area contributed by atoms with E-state index in [1.165, 1.54) is 17.5 Å². The van der Waals surface area contributed by atoms with Crippen molar-refractivity contribution in [3.8, 4) is 0 Å². The van der Waals surface area contributed by atoms with E-state index < -0.39 is 10.0 Å². The van der Waals surface area contributed by atoms with Gasteiger partial charge in [0, 0.05) is 63.6 Å². The molecule has 27 heavy (non-hydrogen) atoms. The first-order valence-corrected chi connectivity index (χ1v) is 11.7. The minimum atomic E-state index is -3.23. The van der Waals surface area contributed by atoms with E-state index >= 15 is 0 Å². The minimum Gasteiger partial charge on any atom is -0.379 e. The highest BCUT2D eigenvalue weighted by molar-refractivity contribution is 7.88. The van der Waals surface area contributed by atoms with Gasteiger partial charge in [-0.05, 0) is 26.3 Å². The summed E-state index contributed by atoms with van der Waals surface area (Å²) < 4.78 is 34.0. The number of hydrogen-bond acceptors (Lipinski definition) is 6. The van der Waals surface area contributed by atoms with Gasteiger partial charge in [0.2, 0.25) is 10.0 Å². The quantitative estimate of drug-likeness (QED) is 0.656. The Morgan fingerprint density at radius 1 is 1.26 bits per heavy atom. The Balaban J connectivity index is 1.62. The van der Waals surface area contributed by atoms with Crippen LogP contribution in [0.4, 0.5) is 0 Å². The maximum Gasteiger partial charge on any atom is 0.211 e. The Hall–Kier alpha value is -1.00. The molecule has 1 aromatic rings. The molecule has 0 bridgehead atoms. The van der Waals surface area contributed by atoms with Gasteiger partial charge in [0.15, 0.2) is 0 Å². The number of hydrogen-bond donors (Lipinski definition) is 0. The highest BCUT2D eigenvalue weighted by Crippen LogP contribution is 2.21. The molecule has 0 spiro atoms. The van der Waals surface area contributed by atoms with Crippen molar-refractivity contribution in [3.05, 3.63) is 17.5 Å². The van der Waals surface area contributed by atoms with Crippen LogP contribution in [0.5, 0.6) is 0 Å². The van der Waals surface area contributed by atoms with Crippen LogP contribution in [-0.4, -0.2) is 97.1 Å². The van der Waals surface area contributed by atoms with Crippen molar-refractivity contribution >= 4 is 10.0 Å². The lowest BCUT2D eigenvalue weighted by atomic mass is 10.0. The van der Waals surface area contributed by atoms with Crippen molar-refractivity contribution in [1.82, 2.24) is 23.9 Å². The lowest BCUT2D eigenvalue weighted by Gasteiger charge is -2.39. The molecule has 2 fully saturated rings. The number of rotatable bonds is 7. The van der Waals surface area contributed by atoms with E-state index in [4.69, 9.17) is 4.74 Å². The molecule has 3 heterocycles. The Morgan fingerprint density at radius 3 is 2.63 bits per heavy atom. The fraction of sp³-hybridized carbons (Fsp3) is 0.833. The second-order valence-electron chi connectivity index (χ2n) is 7.74. The van der Waals surface area contributed by atoms with Crippen molar-refractivity contribution in [2.24, 2.45) is 7.05 Å². The van der Waals surface area contributed by atoms with Gasteiger partial charge in [0.05, 0.1) is 25.7 Å². The molecule has 1 unspecified atom stereocenters. The molecule has 8 nitrogen and oxygen atoms in total. The molecule has 9 heteroatoms. The predicted molar refractivity (Wildman–Crippen MR) is 105 cm³/mol. The number of piperidine rings is 1. The molecule has 3 rings (SSSR count). The molecule has 154 valence electrons. The topological polar surface area (TPSA) is 70.9 Å². The number of aromatic nitrogens is 2. The monoisotopic (exact) mass is 399 g/mol. The first-order valence-electron chi connectivity index (χ1n) is 9.81. The van der Waals surface area contributed by atoms with E-state index in [2.05, 4.69) is 21.8 Å². The molecule has 0 saturated carbocycles. The zero-order valence-corrected chi connectivity index (χ0v) is 17.6. The predicted octanol–water partition coefficient (Wildman–Crippen LogP) is 0.287. The molecule has 1 atom stereocenters. The highest BCUT2D eigenvalue weighted by atomic mass is 32.2. The Bertz CT molecular complexity index is 715. The van der Waals surface area contributed by atoms with Gasteiger partial charge in [-0.3, -0.25) is 14.5 Å². The normalized spacial score (nSPS) is 23.2. The third-order valence-electron chi connectivity index (χ3n) is 5.79. The van der Waals surface area contributed by atoms with Crippen LogP contribution in [0.25, 0.3) is 0 Å². The van der Waals surface area contributed by atoms with Crippen molar-refractivity contribution < 1.29 is 13.2 Å². The SMILES string of the molecule is Cc1c(CN2CCCC(N(CCN3CCOCC3)S(C)(=O)=O)C2)cnn1C. The summed E-state index contributed by atoms with van der Waals surface area (Å²) in [5, 5.41) is 4.32. The Kier molecular flexibility index (Phi) is 6.91. The van der Waals surface area contributed by atoms with Crippen LogP contribution >= 0.6 is 0 Å². The summed E-state index contributed by atoms with van der Waals surface area (Å²) in [6.07, 6.45) is 5.22. The van der Waals surface area contributed by atoms with Gasteiger partial charge in [-0.25, -0.2) is 8.42 Å². The third-order valence-corrected chi connectivity index (χ3v) is 7.12. The number of ether oxygens (including phenoxy) is 1. The maximum absolute atomic E-state index is 12.5. The van der Waals surface area contributed by atoms with Crippen LogP contribution in [0.2, 0.25) is 0 Å². The summed E-state index contributed by atoms with van der Waals surface area (Å²) in [6, 6.07) is 0.0479. The van der Waals surface area contributed by atoms with Gasteiger partial charge >= 0.3 is 0 Å². The number of sulfonamides is 1. The molecule has 0 aliphatic carbocycles. The standard InChI is InChI=1S/C18H33N5O3S/c1-16-17(13-19-20(16)2)14-22-6-4-5-18(15-22)23(27(3,24)25)8-7-21-9-11-26-12-10-21/h13,18H,4-12,14-15H2,1-3H3. The first-order chi connectivity index (χ1) is 12.8. The minimum absolute atomic E-state index is 0.0479. The zero-order chi connectivity index (χ0) is 19.4. The molecular weight excluding hydrogens is 366 g/mol. The van der Waals surface area contributed by atoms with Crippen molar-refractivity contribution in [2.45, 2.75) is 32.4 Å². The second kappa shape index (κ2) is 9.00. The van der Waals surface area contributed by atoms with Crippen LogP contribution in [0.3, 0.4) is 0 Å². The van der Waals surface area contributed by atoms with Gasteiger partial charge in [0.1, 0.15) is 0 Å². The molecule has 0 amide bonds. The van der Waals surface area contributed by atoms with Gasteiger partial charge < -0.3 is 4.74 Å². The van der Waals surface area contributed by atoms with Gasteiger partial charge in [-0.15, -0.1) is 0 Å². The first kappa shape index (κ1) is 20.7. The van der Waals surface area contributed by atoms with E-state index in [1.807, 2.05) is 17.9 Å². The number of nitrogens with zero attached hydrogens (tertiary/aromatic N) is 5. The summed E-state index contributed by atoms with van der Waals surface area (Å²) in [7, 11) is -1.28. The lowest BCUT2D eigenvalue weighted by Crippen LogP contribution is -2.52. The smallest absolute Gasteiger partial charge is 0.211 e. The molecular formula is C18H33N5O3S. The fourth-order valence-electron chi connectivity index (χ4n) is 4.03. The number of aryl methyl sites for hydroxylation is 1. The maximum atomic E-state index is 12.5. The van der Waals surface area contributed by atoms with Crippen LogP contribution in [0.15, 0.2) is 6.20 Å². The average molecular weight is 400 g/mol. The van der Waals surface area contributed by atoms with Crippen LogP contribution in [0, 0.1) is 6.92 Å². The molecule has 2 aliphatic rings. The molecule has 0 radical (unpaired) electrons. The molecule has 2 aliphatic heterocycles. The van der Waals surface area contributed by atoms with Gasteiger partial charge in [-0.1, -0.05) is 0 Å². The highest BCUT2D eigenvalue weighted by Gasteiger charge is 2.31. The van der Waals surface area contributed by atoms with E-state index in [1.54, 1.807) is 4.31 Å². The Labute approximate surface area is 163 Å². The lowest BCUT2D eigenvalue weighted by molar-refractivity contribution is 0.0337. The average Bonchev–Trinajstić information content (AvgIpc) is 2.94. The van der Waals surface area contributed by atoms with Gasteiger partial charge in [0.25, 0.3) is 0 Å². The molecule has 0 N–H and O–H groups in total. The van der Waals surface area contributed by atoms with Crippen molar-refractivity contribution in [2.75, 3.05) is 58.7 Å². The molecule has 2 saturated heterocycles. The van der Waals surface area contributed by atoms with Gasteiger partial charge in [-0.2, -0.15) is 9.40 Å². The summed E-state index contributed by atoms with van der Waals surface area (Å²) >= 11 is 0. The van der Waals surface area contributed by atoms with Crippen LogP contribution in [-0.2, 0) is 28.4 Å². The second-order valence-corrected chi connectivity index (χ2v) is 9.67. The summed E-state index contributed by atoms with van der Waals surface area (Å²) in [4.78, 5) is 4.66. The number of likely N-dealkylation sites (tertiary alicyclic amines) is 1. The van der Waals surface area contributed by atoms with E-state index in [0.29, 0.717) is 6.54 Å². The number of morpholine rings is 1. The van der Waals surface area contributed by atoms with Crippen LogP contribution < -0.4 is 0 Å². The largest absolute Gasteiger partial charge is 0.379 e. The van der Waals surface area contributed by atoms with Crippen molar-refractivity contribution in [3.63, 3.8) is 0 Å². The molecule has 1 aromatic heterocycles. The summed E-state index contributed by atoms with van der Waals surface area (Å²) in [5.74, 6) is 0. The fourth-order valence-corrected chi connectivity index (χ4v) is 5.16. The Morgan fingerprint density at radius 2 is 2.00 bits per heavy atom. The van der Waals surface area contributed by atoms with E-state index in [9.17, 15) is 8.42 Å². The third kappa shape index (κ3) is 5.51. The van der Waals surface area contributed by atoms with Crippen LogP contribution in [0.1, 0.15) is 24.1 Å². The zero-order valence-electron chi connectivity index (χ0n) is 16.8. The summed E-state index contributed by atoms with van der Waals surface area (Å²) in [5.41, 5.74) is 2.39. The molecule has 0 aromatic carbocycles. The summed E-state index contributed by atoms with van der Waals surface area (Å²) in [6.45, 7) is 9.27. The van der Waals surface area contributed by atoms with Crippen molar-refractivity contribution in [1.29, 1.82) is 0 Å². The van der Waals surface area contributed by atoms with E-state index in [0.717, 1.165) is 65.3 Å².